The minimum atomic E-state index is 0.244. The molecule has 0 aliphatic carbocycles. The number of hydrogen-bond acceptors (Lipinski definition) is 2. The molecule has 2 nitrogen and oxygen atoms in total. The Morgan fingerprint density at radius 2 is 2.31 bits per heavy atom. The molecule has 0 aliphatic rings. The van der Waals surface area contributed by atoms with Gasteiger partial charge >= 0.3 is 0 Å². The minimum Gasteiger partial charge on any atom is -0.396 e. The number of halogens is 1. The Bertz CT molecular complexity index is 244. The molecule has 1 atom stereocenters. The van der Waals surface area contributed by atoms with Crippen molar-refractivity contribution in [2.45, 2.75) is 19.8 Å². The summed E-state index contributed by atoms with van der Waals surface area (Å²) in [6.07, 6.45) is 3.65. The molecule has 0 fully saturated rings. The molecular formula is C10H14BrNO. The van der Waals surface area contributed by atoms with E-state index in [0.717, 1.165) is 23.0 Å². The molecule has 3 heteroatoms. The predicted molar refractivity (Wildman–Crippen MR) is 56.5 cm³/mol. The molecule has 0 saturated carbocycles. The molecule has 0 saturated heterocycles. The molecule has 72 valence electrons. The molecule has 1 rings (SSSR count). The zero-order valence-electron chi connectivity index (χ0n) is 7.70. The Balaban J connectivity index is 2.58. The van der Waals surface area contributed by atoms with Crippen LogP contribution in [-0.2, 0) is 6.42 Å². The molecular weight excluding hydrogens is 230 g/mol. The second-order valence-corrected chi connectivity index (χ2v) is 4.04. The summed E-state index contributed by atoms with van der Waals surface area (Å²) in [5.41, 5.74) is 1.05. The Morgan fingerprint density at radius 1 is 1.54 bits per heavy atom. The number of rotatable bonds is 4. The van der Waals surface area contributed by atoms with Gasteiger partial charge in [-0.2, -0.15) is 0 Å². The van der Waals surface area contributed by atoms with Crippen LogP contribution in [0.3, 0.4) is 0 Å². The van der Waals surface area contributed by atoms with E-state index in [2.05, 4.69) is 27.8 Å². The topological polar surface area (TPSA) is 33.1 Å². The molecule has 0 radical (unpaired) electrons. The van der Waals surface area contributed by atoms with Gasteiger partial charge in [0.2, 0.25) is 0 Å². The first-order valence-corrected chi connectivity index (χ1v) is 5.26. The van der Waals surface area contributed by atoms with Crippen molar-refractivity contribution in [2.75, 3.05) is 6.61 Å². The van der Waals surface area contributed by atoms with Crippen molar-refractivity contribution < 1.29 is 5.11 Å². The van der Waals surface area contributed by atoms with Crippen LogP contribution in [0.15, 0.2) is 22.8 Å². The highest BCUT2D eigenvalue weighted by Gasteiger charge is 2.06. The van der Waals surface area contributed by atoms with Crippen LogP contribution in [0.1, 0.15) is 19.0 Å². The van der Waals surface area contributed by atoms with Crippen molar-refractivity contribution in [3.63, 3.8) is 0 Å². The molecule has 0 aliphatic heterocycles. The van der Waals surface area contributed by atoms with E-state index in [1.54, 1.807) is 6.20 Å². The van der Waals surface area contributed by atoms with E-state index in [9.17, 15) is 0 Å². The number of aliphatic hydroxyl groups is 1. The summed E-state index contributed by atoms with van der Waals surface area (Å²) in [5.74, 6) is 0.341. The highest BCUT2D eigenvalue weighted by Crippen LogP contribution is 2.12. The highest BCUT2D eigenvalue weighted by atomic mass is 79.9. The molecule has 0 bridgehead atoms. The van der Waals surface area contributed by atoms with Gasteiger partial charge in [-0.1, -0.05) is 13.3 Å². The maximum Gasteiger partial charge on any atom is 0.0462 e. The van der Waals surface area contributed by atoms with Gasteiger partial charge in [-0.15, -0.1) is 0 Å². The van der Waals surface area contributed by atoms with Crippen molar-refractivity contribution in [3.8, 4) is 0 Å². The van der Waals surface area contributed by atoms with Crippen molar-refractivity contribution in [2.24, 2.45) is 5.92 Å². The zero-order valence-corrected chi connectivity index (χ0v) is 9.29. The van der Waals surface area contributed by atoms with Gasteiger partial charge in [-0.3, -0.25) is 4.98 Å². The van der Waals surface area contributed by atoms with E-state index in [0.29, 0.717) is 5.92 Å². The lowest BCUT2D eigenvalue weighted by molar-refractivity contribution is 0.221. The van der Waals surface area contributed by atoms with E-state index < -0.39 is 0 Å². The van der Waals surface area contributed by atoms with Crippen LogP contribution in [0.5, 0.6) is 0 Å². The van der Waals surface area contributed by atoms with E-state index in [1.165, 1.54) is 0 Å². The first-order valence-electron chi connectivity index (χ1n) is 4.47. The fourth-order valence-electron chi connectivity index (χ4n) is 1.16. The molecule has 1 aromatic rings. The average molecular weight is 244 g/mol. The van der Waals surface area contributed by atoms with Gasteiger partial charge < -0.3 is 5.11 Å². The van der Waals surface area contributed by atoms with Gasteiger partial charge in [0.25, 0.3) is 0 Å². The Morgan fingerprint density at radius 3 is 2.77 bits per heavy atom. The monoisotopic (exact) mass is 243 g/mol. The number of aliphatic hydroxyl groups excluding tert-OH is 1. The third-order valence-electron chi connectivity index (χ3n) is 2.12. The van der Waals surface area contributed by atoms with E-state index in [-0.39, 0.29) is 6.61 Å². The lowest BCUT2D eigenvalue weighted by Crippen LogP contribution is -2.08. The molecule has 1 unspecified atom stereocenters. The van der Waals surface area contributed by atoms with Gasteiger partial charge in [-0.25, -0.2) is 0 Å². The quantitative estimate of drug-likeness (QED) is 0.882. The Labute approximate surface area is 87.1 Å². The Hall–Kier alpha value is -0.410. The third kappa shape index (κ3) is 3.44. The molecule has 13 heavy (non-hydrogen) atoms. The summed E-state index contributed by atoms with van der Waals surface area (Å²) in [6, 6.07) is 3.97. The second-order valence-electron chi connectivity index (χ2n) is 3.13. The summed E-state index contributed by atoms with van der Waals surface area (Å²) in [7, 11) is 0. The van der Waals surface area contributed by atoms with Gasteiger partial charge in [0.05, 0.1) is 0 Å². The van der Waals surface area contributed by atoms with Crippen molar-refractivity contribution in [1.29, 1.82) is 0 Å². The van der Waals surface area contributed by atoms with Crippen molar-refractivity contribution in [1.82, 2.24) is 4.98 Å². The van der Waals surface area contributed by atoms with Crippen LogP contribution in [-0.4, -0.2) is 16.7 Å². The molecule has 1 aromatic heterocycles. The SMILES string of the molecule is CCC(CO)Cc1ccc(Br)cn1. The van der Waals surface area contributed by atoms with Gasteiger partial charge in [-0.05, 0) is 40.4 Å². The molecule has 0 spiro atoms. The fraction of sp³-hybridized carbons (Fsp3) is 0.500. The maximum absolute atomic E-state index is 9.00. The third-order valence-corrected chi connectivity index (χ3v) is 2.59. The van der Waals surface area contributed by atoms with Gasteiger partial charge in [0.1, 0.15) is 0 Å². The number of nitrogens with zero attached hydrogens (tertiary/aromatic N) is 1. The summed E-state index contributed by atoms with van der Waals surface area (Å²) >= 11 is 3.33. The average Bonchev–Trinajstić information content (AvgIpc) is 2.17. The molecule has 0 amide bonds. The number of hydrogen-bond donors (Lipinski definition) is 1. The van der Waals surface area contributed by atoms with Crippen molar-refractivity contribution in [3.05, 3.63) is 28.5 Å². The molecule has 1 heterocycles. The molecule has 0 aromatic carbocycles. The van der Waals surface area contributed by atoms with Crippen LogP contribution >= 0.6 is 15.9 Å². The first kappa shape index (κ1) is 10.7. The zero-order chi connectivity index (χ0) is 9.68. The molecule has 1 N–H and O–H groups in total. The maximum atomic E-state index is 9.00. The van der Waals surface area contributed by atoms with E-state index >= 15 is 0 Å². The van der Waals surface area contributed by atoms with Crippen molar-refractivity contribution >= 4 is 15.9 Å². The minimum absolute atomic E-state index is 0.244. The summed E-state index contributed by atoms with van der Waals surface area (Å²) in [5, 5.41) is 9.00. The first-order chi connectivity index (χ1) is 6.26. The fourth-order valence-corrected chi connectivity index (χ4v) is 1.40. The Kier molecular flexibility index (Phi) is 4.39. The number of aromatic nitrogens is 1. The summed E-state index contributed by atoms with van der Waals surface area (Å²) in [4.78, 5) is 4.26. The number of pyridine rings is 1. The second kappa shape index (κ2) is 5.35. The van der Waals surface area contributed by atoms with Crippen LogP contribution in [0.2, 0.25) is 0 Å². The van der Waals surface area contributed by atoms with Crippen LogP contribution < -0.4 is 0 Å². The van der Waals surface area contributed by atoms with Crippen LogP contribution in [0.4, 0.5) is 0 Å². The van der Waals surface area contributed by atoms with Gasteiger partial charge in [0.15, 0.2) is 0 Å². The highest BCUT2D eigenvalue weighted by molar-refractivity contribution is 9.10. The summed E-state index contributed by atoms with van der Waals surface area (Å²) < 4.78 is 0.994. The summed E-state index contributed by atoms with van der Waals surface area (Å²) in [6.45, 7) is 2.33. The smallest absolute Gasteiger partial charge is 0.0462 e. The predicted octanol–water partition coefficient (Wildman–Crippen LogP) is 2.41. The van der Waals surface area contributed by atoms with E-state index in [4.69, 9.17) is 5.11 Å². The standard InChI is InChI=1S/C10H14BrNO/c1-2-8(7-13)5-10-4-3-9(11)6-12-10/h3-4,6,8,13H,2,5,7H2,1H3. The van der Waals surface area contributed by atoms with Crippen LogP contribution in [0.25, 0.3) is 0 Å². The van der Waals surface area contributed by atoms with Crippen LogP contribution in [0, 0.1) is 5.92 Å². The normalized spacial score (nSPS) is 12.8. The van der Waals surface area contributed by atoms with Gasteiger partial charge in [0, 0.05) is 23.0 Å². The van der Waals surface area contributed by atoms with E-state index in [1.807, 2.05) is 12.1 Å². The lowest BCUT2D eigenvalue weighted by Gasteiger charge is -2.10. The largest absolute Gasteiger partial charge is 0.396 e. The lowest BCUT2D eigenvalue weighted by atomic mass is 10.0.